The summed E-state index contributed by atoms with van der Waals surface area (Å²) in [6, 6.07) is 12.2. The number of halogens is 1. The number of carbonyl (C=O) groups excluding carboxylic acids is 1. The van der Waals surface area contributed by atoms with Crippen LogP contribution in [0.25, 0.3) is 0 Å². The summed E-state index contributed by atoms with van der Waals surface area (Å²) in [5.74, 6) is 1.14. The zero-order valence-electron chi connectivity index (χ0n) is 17.5. The molecule has 4 rings (SSSR count). The van der Waals surface area contributed by atoms with Gasteiger partial charge in [0.25, 0.3) is 5.91 Å². The van der Waals surface area contributed by atoms with Crippen LogP contribution in [0.5, 0.6) is 11.5 Å². The number of methoxy groups -OCH3 is 1. The van der Waals surface area contributed by atoms with Crippen molar-refractivity contribution >= 4 is 5.91 Å². The molecule has 0 aliphatic carbocycles. The first-order valence-corrected chi connectivity index (χ1v) is 10.7. The molecule has 0 aromatic heterocycles. The van der Waals surface area contributed by atoms with Gasteiger partial charge in [-0.1, -0.05) is 12.1 Å². The lowest BCUT2D eigenvalue weighted by atomic mass is 10.1. The van der Waals surface area contributed by atoms with E-state index in [2.05, 4.69) is 4.90 Å². The van der Waals surface area contributed by atoms with Crippen molar-refractivity contribution in [2.24, 2.45) is 0 Å². The lowest BCUT2D eigenvalue weighted by Crippen LogP contribution is -2.38. The normalized spacial score (nSPS) is 17.9. The third-order valence-electron chi connectivity index (χ3n) is 5.96. The molecular weight excluding hydrogens is 383 g/mol. The Hall–Kier alpha value is -2.60. The van der Waals surface area contributed by atoms with Crippen LogP contribution < -0.4 is 9.47 Å². The molecule has 0 atom stereocenters. The number of ether oxygens (including phenoxy) is 2. The Labute approximate surface area is 177 Å². The minimum Gasteiger partial charge on any atom is -0.497 e. The van der Waals surface area contributed by atoms with E-state index in [0.29, 0.717) is 17.1 Å². The number of rotatable bonds is 6. The van der Waals surface area contributed by atoms with E-state index in [-0.39, 0.29) is 17.8 Å². The van der Waals surface area contributed by atoms with Gasteiger partial charge in [0.1, 0.15) is 23.4 Å². The molecule has 0 saturated carbocycles. The highest BCUT2D eigenvalue weighted by atomic mass is 19.1. The number of hydrogen-bond acceptors (Lipinski definition) is 4. The largest absolute Gasteiger partial charge is 0.497 e. The highest BCUT2D eigenvalue weighted by Crippen LogP contribution is 2.30. The van der Waals surface area contributed by atoms with Crippen LogP contribution in [0.3, 0.4) is 0 Å². The summed E-state index contributed by atoms with van der Waals surface area (Å²) in [6.07, 6.45) is 3.95. The minimum absolute atomic E-state index is 0.0406. The second kappa shape index (κ2) is 9.47. The molecule has 2 aromatic rings. The van der Waals surface area contributed by atoms with Gasteiger partial charge in [0.15, 0.2) is 0 Å². The maximum atomic E-state index is 13.1. The molecule has 160 valence electrons. The number of carbonyl (C=O) groups is 1. The standard InChI is InChI=1S/C24H29FN2O3/c1-29-21-8-9-22(24(28)27-12-2-3-13-27)23(16-21)30-20-10-14-26(15-11-20)17-18-4-6-19(25)7-5-18/h4-9,16,20H,2-3,10-15,17H2,1H3. The van der Waals surface area contributed by atoms with Crippen LogP contribution in [-0.2, 0) is 6.54 Å². The summed E-state index contributed by atoms with van der Waals surface area (Å²) < 4.78 is 24.8. The molecule has 2 heterocycles. The first-order chi connectivity index (χ1) is 14.6. The molecule has 2 aliphatic heterocycles. The van der Waals surface area contributed by atoms with Crippen LogP contribution in [0, 0.1) is 5.82 Å². The molecular formula is C24H29FN2O3. The van der Waals surface area contributed by atoms with E-state index in [1.54, 1.807) is 7.11 Å². The van der Waals surface area contributed by atoms with E-state index < -0.39 is 0 Å². The minimum atomic E-state index is -0.205. The van der Waals surface area contributed by atoms with Crippen molar-refractivity contribution in [3.8, 4) is 11.5 Å². The lowest BCUT2D eigenvalue weighted by molar-refractivity contribution is 0.0764. The average molecular weight is 413 g/mol. The fourth-order valence-corrected chi connectivity index (χ4v) is 4.21. The van der Waals surface area contributed by atoms with Gasteiger partial charge in [0.2, 0.25) is 0 Å². The molecule has 2 aromatic carbocycles. The number of benzene rings is 2. The van der Waals surface area contributed by atoms with Crippen LogP contribution in [0.1, 0.15) is 41.6 Å². The van der Waals surface area contributed by atoms with Crippen molar-refractivity contribution in [2.45, 2.75) is 38.3 Å². The fourth-order valence-electron chi connectivity index (χ4n) is 4.21. The van der Waals surface area contributed by atoms with E-state index >= 15 is 0 Å². The SMILES string of the molecule is COc1ccc(C(=O)N2CCCC2)c(OC2CCN(Cc3ccc(F)cc3)CC2)c1. The van der Waals surface area contributed by atoms with E-state index in [1.807, 2.05) is 35.2 Å². The van der Waals surface area contributed by atoms with Crippen molar-refractivity contribution in [1.29, 1.82) is 0 Å². The lowest BCUT2D eigenvalue weighted by Gasteiger charge is -2.32. The Morgan fingerprint density at radius 1 is 1.03 bits per heavy atom. The highest BCUT2D eigenvalue weighted by molar-refractivity contribution is 5.97. The Kier molecular flexibility index (Phi) is 6.53. The molecule has 6 heteroatoms. The molecule has 2 fully saturated rings. The summed E-state index contributed by atoms with van der Waals surface area (Å²) in [5.41, 5.74) is 1.73. The molecule has 2 saturated heterocycles. The quantitative estimate of drug-likeness (QED) is 0.716. The van der Waals surface area contributed by atoms with Crippen LogP contribution in [0.2, 0.25) is 0 Å². The van der Waals surface area contributed by atoms with Gasteiger partial charge in [-0.25, -0.2) is 4.39 Å². The van der Waals surface area contributed by atoms with E-state index in [0.717, 1.165) is 64.0 Å². The number of nitrogens with zero attached hydrogens (tertiary/aromatic N) is 2. The highest BCUT2D eigenvalue weighted by Gasteiger charge is 2.26. The van der Waals surface area contributed by atoms with Gasteiger partial charge in [-0.05, 0) is 55.5 Å². The molecule has 0 spiro atoms. The van der Waals surface area contributed by atoms with Crippen molar-refractivity contribution in [3.63, 3.8) is 0 Å². The molecule has 5 nitrogen and oxygen atoms in total. The molecule has 0 bridgehead atoms. The Morgan fingerprint density at radius 2 is 1.73 bits per heavy atom. The Morgan fingerprint density at radius 3 is 2.40 bits per heavy atom. The van der Waals surface area contributed by atoms with Gasteiger partial charge in [-0.2, -0.15) is 0 Å². The summed E-state index contributed by atoms with van der Waals surface area (Å²) in [7, 11) is 1.62. The van der Waals surface area contributed by atoms with Crippen molar-refractivity contribution in [2.75, 3.05) is 33.3 Å². The topological polar surface area (TPSA) is 42.0 Å². The van der Waals surface area contributed by atoms with Gasteiger partial charge in [0, 0.05) is 38.8 Å². The number of likely N-dealkylation sites (tertiary alicyclic amines) is 2. The maximum absolute atomic E-state index is 13.1. The predicted molar refractivity (Wildman–Crippen MR) is 113 cm³/mol. The summed E-state index contributed by atoms with van der Waals surface area (Å²) in [4.78, 5) is 17.2. The van der Waals surface area contributed by atoms with Crippen LogP contribution in [0.4, 0.5) is 4.39 Å². The van der Waals surface area contributed by atoms with Crippen molar-refractivity contribution < 1.29 is 18.7 Å². The molecule has 0 N–H and O–H groups in total. The molecule has 30 heavy (non-hydrogen) atoms. The first-order valence-electron chi connectivity index (χ1n) is 10.7. The molecule has 2 aliphatic rings. The summed E-state index contributed by atoms with van der Waals surface area (Å²) >= 11 is 0. The zero-order valence-corrected chi connectivity index (χ0v) is 17.5. The van der Waals surface area contributed by atoms with Crippen molar-refractivity contribution in [3.05, 3.63) is 59.4 Å². The summed E-state index contributed by atoms with van der Waals surface area (Å²) in [6.45, 7) is 4.24. The molecule has 1 amide bonds. The van der Waals surface area contributed by atoms with E-state index in [4.69, 9.17) is 9.47 Å². The smallest absolute Gasteiger partial charge is 0.257 e. The third-order valence-corrected chi connectivity index (χ3v) is 5.96. The van der Waals surface area contributed by atoms with Gasteiger partial charge >= 0.3 is 0 Å². The monoisotopic (exact) mass is 412 g/mol. The zero-order chi connectivity index (χ0) is 20.9. The van der Waals surface area contributed by atoms with E-state index in [1.165, 1.54) is 12.1 Å². The van der Waals surface area contributed by atoms with Crippen LogP contribution >= 0.6 is 0 Å². The summed E-state index contributed by atoms with van der Waals surface area (Å²) in [5, 5.41) is 0. The second-order valence-corrected chi connectivity index (χ2v) is 8.08. The second-order valence-electron chi connectivity index (χ2n) is 8.08. The van der Waals surface area contributed by atoms with Gasteiger partial charge < -0.3 is 14.4 Å². The van der Waals surface area contributed by atoms with Gasteiger partial charge in [0.05, 0.1) is 12.7 Å². The third kappa shape index (κ3) is 4.93. The molecule has 0 radical (unpaired) electrons. The maximum Gasteiger partial charge on any atom is 0.257 e. The molecule has 0 unspecified atom stereocenters. The Balaban J connectivity index is 1.39. The number of piperidine rings is 1. The van der Waals surface area contributed by atoms with E-state index in [9.17, 15) is 9.18 Å². The number of amides is 1. The number of hydrogen-bond donors (Lipinski definition) is 0. The Bertz CT molecular complexity index is 857. The van der Waals surface area contributed by atoms with Gasteiger partial charge in [-0.3, -0.25) is 9.69 Å². The van der Waals surface area contributed by atoms with Crippen molar-refractivity contribution in [1.82, 2.24) is 9.80 Å². The average Bonchev–Trinajstić information content (AvgIpc) is 3.31. The van der Waals surface area contributed by atoms with Crippen LogP contribution in [0.15, 0.2) is 42.5 Å². The van der Waals surface area contributed by atoms with Crippen LogP contribution in [-0.4, -0.2) is 55.1 Å². The van der Waals surface area contributed by atoms with Gasteiger partial charge in [-0.15, -0.1) is 0 Å². The predicted octanol–water partition coefficient (Wildman–Crippen LogP) is 4.11. The fraction of sp³-hybridized carbons (Fsp3) is 0.458. The first kappa shape index (κ1) is 20.7.